The zero-order valence-electron chi connectivity index (χ0n) is 24.6. The van der Waals surface area contributed by atoms with E-state index in [4.69, 9.17) is 37.4 Å². The smallest absolute Gasteiger partial charge is 0.325 e. The number of aliphatic hydroxyl groups is 1. The van der Waals surface area contributed by atoms with Crippen molar-refractivity contribution in [1.29, 1.82) is 0 Å². The number of urea groups is 1. The molecule has 236 valence electrons. The number of amides is 2. The van der Waals surface area contributed by atoms with Gasteiger partial charge < -0.3 is 34.5 Å². The molecule has 1 aromatic heterocycles. The lowest BCUT2D eigenvalue weighted by atomic mass is 9.98. The van der Waals surface area contributed by atoms with Crippen LogP contribution in [0.1, 0.15) is 48.0 Å². The van der Waals surface area contributed by atoms with Crippen LogP contribution >= 0.6 is 23.2 Å². The number of aliphatic hydroxyl groups excluding tert-OH is 1. The predicted molar refractivity (Wildman–Crippen MR) is 169 cm³/mol. The molecule has 1 fully saturated rings. The van der Waals surface area contributed by atoms with Crippen LogP contribution in [0.4, 0.5) is 4.79 Å². The minimum absolute atomic E-state index is 0.0349. The molecule has 2 heterocycles. The maximum absolute atomic E-state index is 12.1. The van der Waals surface area contributed by atoms with Crippen LogP contribution in [0, 0.1) is 0 Å². The van der Waals surface area contributed by atoms with E-state index in [-0.39, 0.29) is 43.7 Å². The molecular formula is C33H34Cl2N4O6. The number of aromatic nitrogens is 2. The molecule has 10 nitrogen and oxygen atoms in total. The molecule has 12 heteroatoms. The summed E-state index contributed by atoms with van der Waals surface area (Å²) in [5.74, 6) is -0.493. The molecule has 0 radical (unpaired) electrons. The lowest BCUT2D eigenvalue weighted by Gasteiger charge is -2.36. The van der Waals surface area contributed by atoms with E-state index in [1.807, 2.05) is 72.8 Å². The topological polar surface area (TPSA) is 124 Å². The zero-order chi connectivity index (χ0) is 31.8. The fourth-order valence-corrected chi connectivity index (χ4v) is 5.37. The molecule has 3 aromatic carbocycles. The van der Waals surface area contributed by atoms with Gasteiger partial charge in [0.05, 0.1) is 38.3 Å². The number of imidazole rings is 1. The minimum atomic E-state index is -0.670. The van der Waals surface area contributed by atoms with E-state index in [0.29, 0.717) is 18.1 Å². The summed E-state index contributed by atoms with van der Waals surface area (Å²) in [4.78, 5) is 27.7. The van der Waals surface area contributed by atoms with Gasteiger partial charge in [-0.15, -0.1) is 0 Å². The minimum Gasteiger partial charge on any atom is -0.465 e. The van der Waals surface area contributed by atoms with Crippen molar-refractivity contribution in [3.8, 4) is 11.1 Å². The van der Waals surface area contributed by atoms with Crippen molar-refractivity contribution >= 4 is 35.2 Å². The zero-order valence-corrected chi connectivity index (χ0v) is 26.1. The fraction of sp³-hybridized carbons (Fsp3) is 0.303. The summed E-state index contributed by atoms with van der Waals surface area (Å²) in [5.41, 5.74) is 5.42. The molecule has 3 N–H and O–H groups in total. The van der Waals surface area contributed by atoms with Crippen molar-refractivity contribution in [1.82, 2.24) is 20.2 Å². The number of carbonyl (C=O) groups is 2. The Kier molecular flexibility index (Phi) is 11.1. The molecule has 1 saturated heterocycles. The van der Waals surface area contributed by atoms with E-state index in [1.165, 1.54) is 0 Å². The number of nitrogens with one attached hydrogen (secondary N) is 2. The second kappa shape index (κ2) is 15.4. The van der Waals surface area contributed by atoms with Crippen molar-refractivity contribution in [2.75, 3.05) is 13.2 Å². The number of rotatable bonds is 11. The molecule has 1 aliphatic rings. The van der Waals surface area contributed by atoms with Gasteiger partial charge in [0.2, 0.25) is 0 Å². The monoisotopic (exact) mass is 652 g/mol. The average Bonchev–Trinajstić information content (AvgIpc) is 3.38. The largest absolute Gasteiger partial charge is 0.465 e. The molecule has 0 unspecified atom stereocenters. The van der Waals surface area contributed by atoms with Gasteiger partial charge in [-0.3, -0.25) is 4.79 Å². The molecule has 0 saturated carbocycles. The van der Waals surface area contributed by atoms with Crippen LogP contribution < -0.4 is 10.6 Å². The first-order chi connectivity index (χ1) is 21.8. The number of ether oxygens (including phenoxy) is 3. The molecule has 5 rings (SSSR count). The van der Waals surface area contributed by atoms with Gasteiger partial charge in [-0.25, -0.2) is 9.78 Å². The highest BCUT2D eigenvalue weighted by atomic mass is 35.5. The van der Waals surface area contributed by atoms with Crippen LogP contribution in [-0.4, -0.2) is 45.9 Å². The number of esters is 1. The summed E-state index contributed by atoms with van der Waals surface area (Å²) >= 11 is 12.5. The Morgan fingerprint density at radius 3 is 2.44 bits per heavy atom. The van der Waals surface area contributed by atoms with Crippen molar-refractivity contribution in [3.05, 3.63) is 112 Å². The van der Waals surface area contributed by atoms with Crippen molar-refractivity contribution < 1.29 is 28.9 Å². The number of hydrogen-bond acceptors (Lipinski definition) is 7. The Balaban J connectivity index is 1.32. The van der Waals surface area contributed by atoms with Crippen LogP contribution in [0.25, 0.3) is 11.1 Å². The second-order valence-corrected chi connectivity index (χ2v) is 11.2. The van der Waals surface area contributed by atoms with E-state index in [0.717, 1.165) is 33.4 Å². The third kappa shape index (κ3) is 8.62. The summed E-state index contributed by atoms with van der Waals surface area (Å²) in [6.07, 6.45) is 0.963. The molecule has 45 heavy (non-hydrogen) atoms. The molecule has 1 aliphatic heterocycles. The Morgan fingerprint density at radius 2 is 1.73 bits per heavy atom. The molecule has 4 aromatic rings. The maximum Gasteiger partial charge on any atom is 0.325 e. The number of nitrogens with zero attached hydrogens (tertiary/aromatic N) is 2. The lowest BCUT2D eigenvalue weighted by molar-refractivity contribution is -0.252. The highest BCUT2D eigenvalue weighted by Gasteiger charge is 2.33. The molecular weight excluding hydrogens is 619 g/mol. The molecule has 0 aliphatic carbocycles. The van der Waals surface area contributed by atoms with Gasteiger partial charge >= 0.3 is 12.0 Å². The van der Waals surface area contributed by atoms with E-state index >= 15 is 0 Å². The first kappa shape index (κ1) is 32.5. The molecule has 0 spiro atoms. The summed E-state index contributed by atoms with van der Waals surface area (Å²) < 4.78 is 19.6. The first-order valence-electron chi connectivity index (χ1n) is 14.6. The van der Waals surface area contributed by atoms with Crippen LogP contribution in [0.15, 0.2) is 79.1 Å². The van der Waals surface area contributed by atoms with E-state index in [1.54, 1.807) is 17.8 Å². The van der Waals surface area contributed by atoms with Crippen LogP contribution in [0.3, 0.4) is 0 Å². The Bertz CT molecular complexity index is 1610. The number of benzene rings is 3. The van der Waals surface area contributed by atoms with Gasteiger partial charge in [0.15, 0.2) is 11.4 Å². The summed E-state index contributed by atoms with van der Waals surface area (Å²) in [5, 5.41) is 15.3. The first-order valence-corrected chi connectivity index (χ1v) is 15.3. The number of halogens is 2. The molecule has 0 bridgehead atoms. The summed E-state index contributed by atoms with van der Waals surface area (Å²) in [7, 11) is 0. The van der Waals surface area contributed by atoms with E-state index in [9.17, 15) is 14.7 Å². The third-order valence-corrected chi connectivity index (χ3v) is 8.09. The van der Waals surface area contributed by atoms with Gasteiger partial charge in [0.25, 0.3) is 0 Å². The predicted octanol–water partition coefficient (Wildman–Crippen LogP) is 5.96. The van der Waals surface area contributed by atoms with Crippen molar-refractivity contribution in [2.45, 2.75) is 51.5 Å². The Hall–Kier alpha value is -3.93. The fourth-order valence-electron chi connectivity index (χ4n) is 5.06. The van der Waals surface area contributed by atoms with Crippen LogP contribution in [-0.2, 0) is 38.7 Å². The third-order valence-electron chi connectivity index (χ3n) is 7.32. The lowest BCUT2D eigenvalue weighted by Crippen LogP contribution is -2.38. The highest BCUT2D eigenvalue weighted by molar-refractivity contribution is 6.40. The van der Waals surface area contributed by atoms with E-state index < -0.39 is 18.3 Å². The number of hydrogen-bond donors (Lipinski definition) is 3. The number of carbonyl (C=O) groups excluding carboxylic acids is 2. The van der Waals surface area contributed by atoms with Crippen molar-refractivity contribution in [2.24, 2.45) is 0 Å². The Morgan fingerprint density at radius 1 is 0.978 bits per heavy atom. The van der Waals surface area contributed by atoms with Gasteiger partial charge in [-0.05, 0) is 46.9 Å². The quantitative estimate of drug-likeness (QED) is 0.171. The van der Waals surface area contributed by atoms with E-state index in [2.05, 4.69) is 15.6 Å². The standard InChI is InChI=1S/C33H34Cl2N4O6/c1-2-43-29(41)17-37-33(42)36-16-22-5-3-6-24(13-22)25-7-4-8-26(14-25)32-44-27(18-39-20-38-30(34)31(39)35)15-28(45-32)23-11-9-21(19-40)10-12-23/h3-14,20,27-28,32,40H,2,15-19H2,1H3,(H2,36,37,42)/t27-,28+,32+/m1/s1. The molecule has 3 atom stereocenters. The van der Waals surface area contributed by atoms with Gasteiger partial charge in [0, 0.05) is 18.5 Å². The summed E-state index contributed by atoms with van der Waals surface area (Å²) in [6.45, 7) is 2.44. The van der Waals surface area contributed by atoms with Gasteiger partial charge in [-0.2, -0.15) is 0 Å². The van der Waals surface area contributed by atoms with Crippen molar-refractivity contribution in [3.63, 3.8) is 0 Å². The average molecular weight is 654 g/mol. The summed E-state index contributed by atoms with van der Waals surface area (Å²) in [6, 6.07) is 23.0. The normalized spacial score (nSPS) is 17.9. The molecule has 2 amide bonds. The SMILES string of the molecule is CCOC(=O)CNC(=O)NCc1cccc(-c2cccc([C@H]3O[C@@H](Cn4cnc(Cl)c4Cl)C[C@@H](c4ccc(CO)cc4)O3)c2)c1. The van der Waals surface area contributed by atoms with Crippen LogP contribution in [0.2, 0.25) is 10.3 Å². The highest BCUT2D eigenvalue weighted by Crippen LogP contribution is 2.39. The second-order valence-electron chi connectivity index (χ2n) is 10.5. The van der Waals surface area contributed by atoms with Gasteiger partial charge in [0.1, 0.15) is 11.7 Å². The maximum atomic E-state index is 12.1. The Labute approximate surface area is 271 Å². The van der Waals surface area contributed by atoms with Crippen LogP contribution in [0.5, 0.6) is 0 Å². The van der Waals surface area contributed by atoms with Gasteiger partial charge in [-0.1, -0.05) is 83.9 Å².